The van der Waals surface area contributed by atoms with Gasteiger partial charge >= 0.3 is 5.97 Å². The molecule has 0 radical (unpaired) electrons. The van der Waals surface area contributed by atoms with Gasteiger partial charge in [-0.3, -0.25) is 4.31 Å². The number of carboxylic acids is 1. The van der Waals surface area contributed by atoms with E-state index in [4.69, 9.17) is 16.7 Å². The summed E-state index contributed by atoms with van der Waals surface area (Å²) in [6, 6.07) is 12.5. The summed E-state index contributed by atoms with van der Waals surface area (Å²) in [6.07, 6.45) is 2.82. The Hall–Kier alpha value is -2.84. The first-order valence-electron chi connectivity index (χ1n) is 7.86. The highest BCUT2D eigenvalue weighted by Crippen LogP contribution is 2.26. The molecule has 1 N–H and O–H groups in total. The van der Waals surface area contributed by atoms with Crippen LogP contribution in [0.2, 0.25) is 5.02 Å². The summed E-state index contributed by atoms with van der Waals surface area (Å²) in [5, 5.41) is 9.51. The van der Waals surface area contributed by atoms with E-state index in [1.54, 1.807) is 35.9 Å². The number of hydrogen-bond acceptors (Lipinski definition) is 4. The quantitative estimate of drug-likeness (QED) is 0.680. The number of sulfonamides is 1. The van der Waals surface area contributed by atoms with Gasteiger partial charge in [0.15, 0.2) is 5.03 Å². The zero-order chi connectivity index (χ0) is 19.6. The predicted octanol–water partition coefficient (Wildman–Crippen LogP) is 3.17. The molecule has 140 valence electrons. The normalized spacial score (nSPS) is 11.3. The molecule has 1 aromatic heterocycles. The first kappa shape index (κ1) is 18.9. The topological polar surface area (TPSA) is 92.5 Å². The minimum absolute atomic E-state index is 0.0441. The van der Waals surface area contributed by atoms with Gasteiger partial charge in [-0.1, -0.05) is 23.7 Å². The van der Waals surface area contributed by atoms with E-state index in [2.05, 4.69) is 4.98 Å². The van der Waals surface area contributed by atoms with E-state index in [9.17, 15) is 13.2 Å². The first-order valence-corrected chi connectivity index (χ1v) is 9.67. The van der Waals surface area contributed by atoms with Crippen molar-refractivity contribution in [3.05, 3.63) is 77.2 Å². The molecule has 1 heterocycles. The highest BCUT2D eigenvalue weighted by atomic mass is 35.5. The Labute approximate surface area is 161 Å². The number of halogens is 1. The minimum Gasteiger partial charge on any atom is -0.478 e. The molecule has 27 heavy (non-hydrogen) atoms. The van der Waals surface area contributed by atoms with Crippen molar-refractivity contribution in [2.75, 3.05) is 4.31 Å². The van der Waals surface area contributed by atoms with Gasteiger partial charge in [-0.05, 0) is 42.0 Å². The molecule has 0 saturated carbocycles. The van der Waals surface area contributed by atoms with Gasteiger partial charge in [0.1, 0.15) is 0 Å². The summed E-state index contributed by atoms with van der Waals surface area (Å²) in [6.45, 7) is 0.0441. The van der Waals surface area contributed by atoms with Crippen molar-refractivity contribution >= 4 is 33.3 Å². The van der Waals surface area contributed by atoms with Crippen LogP contribution in [0.4, 0.5) is 5.69 Å². The van der Waals surface area contributed by atoms with Gasteiger partial charge in [0, 0.05) is 18.3 Å². The van der Waals surface area contributed by atoms with Crippen molar-refractivity contribution in [1.82, 2.24) is 9.55 Å². The molecule has 0 aliphatic carbocycles. The summed E-state index contributed by atoms with van der Waals surface area (Å²) in [4.78, 5) is 15.0. The third-order valence-corrected chi connectivity index (χ3v) is 5.79. The number of hydrogen-bond donors (Lipinski definition) is 1. The molecular formula is C18H16ClN3O4S. The van der Waals surface area contributed by atoms with E-state index in [0.717, 1.165) is 5.56 Å². The lowest BCUT2D eigenvalue weighted by molar-refractivity contribution is 0.0697. The van der Waals surface area contributed by atoms with E-state index in [-0.39, 0.29) is 17.1 Å². The summed E-state index contributed by atoms with van der Waals surface area (Å²) in [5.41, 5.74) is 1.13. The molecule has 0 atom stereocenters. The Bertz CT molecular complexity index is 1060. The maximum absolute atomic E-state index is 13.1. The third kappa shape index (κ3) is 4.12. The number of nitrogens with zero attached hydrogens (tertiary/aromatic N) is 3. The van der Waals surface area contributed by atoms with E-state index in [1.807, 2.05) is 0 Å². The molecule has 0 fully saturated rings. The van der Waals surface area contributed by atoms with Crippen molar-refractivity contribution in [3.63, 3.8) is 0 Å². The van der Waals surface area contributed by atoms with Crippen molar-refractivity contribution in [2.45, 2.75) is 11.6 Å². The van der Waals surface area contributed by atoms with Gasteiger partial charge in [-0.25, -0.2) is 9.78 Å². The van der Waals surface area contributed by atoms with E-state index in [1.165, 1.54) is 41.1 Å². The second-order valence-electron chi connectivity index (χ2n) is 5.87. The molecule has 0 amide bonds. The van der Waals surface area contributed by atoms with Crippen molar-refractivity contribution < 1.29 is 18.3 Å². The molecular weight excluding hydrogens is 390 g/mol. The molecule has 3 aromatic rings. The highest BCUT2D eigenvalue weighted by molar-refractivity contribution is 7.92. The molecule has 0 aliphatic rings. The van der Waals surface area contributed by atoms with Gasteiger partial charge in [-0.2, -0.15) is 8.42 Å². The largest absolute Gasteiger partial charge is 0.478 e. The zero-order valence-electron chi connectivity index (χ0n) is 14.3. The van der Waals surface area contributed by atoms with Crippen LogP contribution in [-0.2, 0) is 23.6 Å². The lowest BCUT2D eigenvalue weighted by Gasteiger charge is -2.23. The van der Waals surface area contributed by atoms with Gasteiger partial charge in [0.25, 0.3) is 10.0 Å². The fourth-order valence-corrected chi connectivity index (χ4v) is 4.03. The molecule has 7 nitrogen and oxygen atoms in total. The Morgan fingerprint density at radius 1 is 1.15 bits per heavy atom. The van der Waals surface area contributed by atoms with E-state index >= 15 is 0 Å². The molecule has 3 rings (SSSR count). The van der Waals surface area contributed by atoms with Gasteiger partial charge in [0.2, 0.25) is 0 Å². The summed E-state index contributed by atoms with van der Waals surface area (Å²) in [7, 11) is -2.28. The standard InChI is InChI=1S/C18H16ClN3O4S/c1-21-11-17(20-12-21)27(25,26)22(10-13-2-6-15(19)7-3-13)16-8-4-14(5-9-16)18(23)24/h2-9,11-12H,10H2,1H3,(H,23,24). The lowest BCUT2D eigenvalue weighted by atomic mass is 10.2. The van der Waals surface area contributed by atoms with Crippen LogP contribution in [-0.4, -0.2) is 29.0 Å². The Morgan fingerprint density at radius 3 is 2.30 bits per heavy atom. The summed E-state index contributed by atoms with van der Waals surface area (Å²) in [5.74, 6) is -1.08. The molecule has 0 saturated heterocycles. The fourth-order valence-electron chi connectivity index (χ4n) is 2.48. The van der Waals surface area contributed by atoms with Crippen LogP contribution in [0.3, 0.4) is 0 Å². The van der Waals surface area contributed by atoms with E-state index in [0.29, 0.717) is 10.7 Å². The summed E-state index contributed by atoms with van der Waals surface area (Å²) < 4.78 is 29.0. The Morgan fingerprint density at radius 2 is 1.78 bits per heavy atom. The molecule has 0 bridgehead atoms. The molecule has 0 aliphatic heterocycles. The molecule has 9 heteroatoms. The first-order chi connectivity index (χ1) is 12.8. The second kappa shape index (κ2) is 7.42. The number of carboxylic acid groups (broad SMARTS) is 1. The Kier molecular flexibility index (Phi) is 5.20. The smallest absolute Gasteiger partial charge is 0.335 e. The average molecular weight is 406 g/mol. The van der Waals surface area contributed by atoms with Gasteiger partial charge < -0.3 is 9.67 Å². The van der Waals surface area contributed by atoms with Gasteiger partial charge in [-0.15, -0.1) is 0 Å². The van der Waals surface area contributed by atoms with Crippen LogP contribution in [0.25, 0.3) is 0 Å². The zero-order valence-corrected chi connectivity index (χ0v) is 15.9. The third-order valence-electron chi connectivity index (χ3n) is 3.88. The van der Waals surface area contributed by atoms with Crippen LogP contribution in [0.5, 0.6) is 0 Å². The molecule has 2 aromatic carbocycles. The SMILES string of the molecule is Cn1cnc(S(=O)(=O)N(Cc2ccc(Cl)cc2)c2ccc(C(=O)O)cc2)c1. The van der Waals surface area contributed by atoms with E-state index < -0.39 is 16.0 Å². The van der Waals surface area contributed by atoms with Crippen molar-refractivity contribution in [3.8, 4) is 0 Å². The number of aromatic carboxylic acids is 1. The number of aryl methyl sites for hydroxylation is 1. The summed E-state index contributed by atoms with van der Waals surface area (Å²) >= 11 is 5.90. The van der Waals surface area contributed by atoms with Crippen LogP contribution >= 0.6 is 11.6 Å². The maximum Gasteiger partial charge on any atom is 0.335 e. The lowest BCUT2D eigenvalue weighted by Crippen LogP contribution is -2.31. The predicted molar refractivity (Wildman–Crippen MR) is 101 cm³/mol. The highest BCUT2D eigenvalue weighted by Gasteiger charge is 2.27. The van der Waals surface area contributed by atoms with Crippen LogP contribution in [0.15, 0.2) is 66.1 Å². The Balaban J connectivity index is 2.05. The monoisotopic (exact) mass is 405 g/mol. The number of rotatable bonds is 6. The number of imidazole rings is 1. The molecule has 0 spiro atoms. The molecule has 0 unspecified atom stereocenters. The van der Waals surface area contributed by atoms with Gasteiger partial charge in [0.05, 0.1) is 24.1 Å². The number of anilines is 1. The maximum atomic E-state index is 13.1. The van der Waals surface area contributed by atoms with Crippen LogP contribution in [0.1, 0.15) is 15.9 Å². The number of aromatic nitrogens is 2. The van der Waals surface area contributed by atoms with Crippen molar-refractivity contribution in [2.24, 2.45) is 7.05 Å². The minimum atomic E-state index is -3.95. The van der Waals surface area contributed by atoms with Crippen LogP contribution < -0.4 is 4.31 Å². The second-order valence-corrected chi connectivity index (χ2v) is 8.11. The average Bonchev–Trinajstić information content (AvgIpc) is 3.08. The number of carbonyl (C=O) groups is 1. The fraction of sp³-hybridized carbons (Fsp3) is 0.111. The number of benzene rings is 2. The van der Waals surface area contributed by atoms with Crippen molar-refractivity contribution in [1.29, 1.82) is 0 Å². The van der Waals surface area contributed by atoms with Crippen LogP contribution in [0, 0.1) is 0 Å².